The molecule has 0 bridgehead atoms. The molecule has 1 aromatic rings. The molecule has 0 aromatic carbocycles. The molecule has 0 saturated carbocycles. The number of alkyl halides is 1. The van der Waals surface area contributed by atoms with Crippen LogP contribution in [0, 0.1) is 0 Å². The zero-order valence-electron chi connectivity index (χ0n) is 10.2. The number of methoxy groups -OCH3 is 1. The molecule has 0 radical (unpaired) electrons. The molecule has 0 unspecified atom stereocenters. The van der Waals surface area contributed by atoms with Gasteiger partial charge in [0.05, 0.1) is 12.8 Å². The molecule has 1 rings (SSSR count). The summed E-state index contributed by atoms with van der Waals surface area (Å²) in [5, 5.41) is 3.44. The van der Waals surface area contributed by atoms with Crippen molar-refractivity contribution < 1.29 is 9.53 Å². The Balaban J connectivity index is 3.04. The van der Waals surface area contributed by atoms with Crippen molar-refractivity contribution in [2.45, 2.75) is 6.42 Å². The molecular formula is C11H16BrN3O2. The standard InChI is InChI=1S/C11H16BrN3O2/c1-15(2)8-5-7-13-11(17-3)10(8)14-9(16)4-6-12/h5,7H,4,6H2,1-3H3,(H,14,16). The summed E-state index contributed by atoms with van der Waals surface area (Å²) >= 11 is 3.23. The van der Waals surface area contributed by atoms with Gasteiger partial charge in [0.2, 0.25) is 11.8 Å². The van der Waals surface area contributed by atoms with Gasteiger partial charge in [-0.3, -0.25) is 4.79 Å². The number of halogens is 1. The predicted molar refractivity (Wildman–Crippen MR) is 72.2 cm³/mol. The fourth-order valence-electron chi connectivity index (χ4n) is 1.37. The van der Waals surface area contributed by atoms with Crippen LogP contribution >= 0.6 is 15.9 Å². The van der Waals surface area contributed by atoms with Crippen LogP contribution in [0.1, 0.15) is 6.42 Å². The van der Waals surface area contributed by atoms with Crippen molar-refractivity contribution in [1.29, 1.82) is 0 Å². The van der Waals surface area contributed by atoms with Gasteiger partial charge in [-0.25, -0.2) is 4.98 Å². The van der Waals surface area contributed by atoms with E-state index in [1.54, 1.807) is 6.20 Å². The quantitative estimate of drug-likeness (QED) is 0.844. The number of pyridine rings is 1. The van der Waals surface area contributed by atoms with Crippen LogP contribution in [0.5, 0.6) is 5.88 Å². The Bertz CT molecular complexity index is 396. The van der Waals surface area contributed by atoms with E-state index in [4.69, 9.17) is 4.74 Å². The van der Waals surface area contributed by atoms with E-state index in [0.29, 0.717) is 23.3 Å². The summed E-state index contributed by atoms with van der Waals surface area (Å²) in [4.78, 5) is 17.6. The normalized spacial score (nSPS) is 9.88. The first-order valence-corrected chi connectivity index (χ1v) is 6.28. The van der Waals surface area contributed by atoms with Crippen LogP contribution in [0.25, 0.3) is 0 Å². The van der Waals surface area contributed by atoms with Crippen LogP contribution in [0.3, 0.4) is 0 Å². The van der Waals surface area contributed by atoms with Crippen molar-refractivity contribution in [3.05, 3.63) is 12.3 Å². The molecule has 1 amide bonds. The fraction of sp³-hybridized carbons (Fsp3) is 0.455. The van der Waals surface area contributed by atoms with Gasteiger partial charge in [0.25, 0.3) is 0 Å². The van der Waals surface area contributed by atoms with Crippen LogP contribution in [-0.4, -0.2) is 37.4 Å². The molecule has 1 aromatic heterocycles. The lowest BCUT2D eigenvalue weighted by atomic mass is 10.3. The van der Waals surface area contributed by atoms with E-state index in [1.807, 2.05) is 25.1 Å². The van der Waals surface area contributed by atoms with Gasteiger partial charge in [0.1, 0.15) is 5.69 Å². The molecule has 6 heteroatoms. The number of carbonyl (C=O) groups is 1. The Morgan fingerprint density at radius 2 is 2.29 bits per heavy atom. The average molecular weight is 302 g/mol. The van der Waals surface area contributed by atoms with Crippen molar-refractivity contribution in [3.63, 3.8) is 0 Å². The third-order valence-corrected chi connectivity index (χ3v) is 2.55. The Labute approximate surface area is 109 Å². The van der Waals surface area contributed by atoms with Crippen LogP contribution < -0.4 is 15.0 Å². The first-order chi connectivity index (χ1) is 8.10. The first-order valence-electron chi connectivity index (χ1n) is 5.16. The van der Waals surface area contributed by atoms with Gasteiger partial charge in [0, 0.05) is 32.0 Å². The number of nitrogens with one attached hydrogen (secondary N) is 1. The second-order valence-electron chi connectivity index (χ2n) is 3.60. The van der Waals surface area contributed by atoms with Gasteiger partial charge < -0.3 is 15.0 Å². The Hall–Kier alpha value is -1.30. The smallest absolute Gasteiger partial charge is 0.239 e. The minimum absolute atomic E-state index is 0.0729. The minimum atomic E-state index is -0.0729. The number of hydrogen-bond acceptors (Lipinski definition) is 4. The number of rotatable bonds is 5. The first kappa shape index (κ1) is 13.8. The molecule has 0 spiro atoms. The molecule has 0 atom stereocenters. The van der Waals surface area contributed by atoms with E-state index in [2.05, 4.69) is 26.2 Å². The third kappa shape index (κ3) is 3.59. The summed E-state index contributed by atoms with van der Waals surface area (Å²) in [6.07, 6.45) is 2.05. The number of aromatic nitrogens is 1. The number of carbonyl (C=O) groups excluding carboxylic acids is 1. The predicted octanol–water partition coefficient (Wildman–Crippen LogP) is 1.88. The van der Waals surface area contributed by atoms with Crippen LogP contribution in [0.4, 0.5) is 11.4 Å². The van der Waals surface area contributed by atoms with Crippen LogP contribution in [0.15, 0.2) is 12.3 Å². The summed E-state index contributed by atoms with van der Waals surface area (Å²) in [5.41, 5.74) is 1.46. The molecule has 0 aliphatic heterocycles. The van der Waals surface area contributed by atoms with Gasteiger partial charge in [-0.2, -0.15) is 0 Å². The van der Waals surface area contributed by atoms with E-state index in [9.17, 15) is 4.79 Å². The minimum Gasteiger partial charge on any atom is -0.479 e. The summed E-state index contributed by atoms with van der Waals surface area (Å²) in [6, 6.07) is 1.83. The molecule has 94 valence electrons. The maximum absolute atomic E-state index is 11.6. The lowest BCUT2D eigenvalue weighted by molar-refractivity contribution is -0.115. The van der Waals surface area contributed by atoms with Crippen LogP contribution in [0.2, 0.25) is 0 Å². The SMILES string of the molecule is COc1nccc(N(C)C)c1NC(=O)CCBr. The average Bonchev–Trinajstić information content (AvgIpc) is 2.29. The lowest BCUT2D eigenvalue weighted by Gasteiger charge is -2.19. The van der Waals surface area contributed by atoms with E-state index in [1.165, 1.54) is 7.11 Å². The summed E-state index contributed by atoms with van der Waals surface area (Å²) in [6.45, 7) is 0. The maximum Gasteiger partial charge on any atom is 0.239 e. The molecule has 0 aliphatic rings. The topological polar surface area (TPSA) is 54.5 Å². The van der Waals surface area contributed by atoms with E-state index < -0.39 is 0 Å². The largest absolute Gasteiger partial charge is 0.479 e. The van der Waals surface area contributed by atoms with Crippen molar-refractivity contribution in [2.75, 3.05) is 36.8 Å². The molecular weight excluding hydrogens is 286 g/mol. The molecule has 1 heterocycles. The Morgan fingerprint density at radius 1 is 1.59 bits per heavy atom. The Morgan fingerprint density at radius 3 is 2.82 bits per heavy atom. The lowest BCUT2D eigenvalue weighted by Crippen LogP contribution is -2.17. The van der Waals surface area contributed by atoms with Crippen molar-refractivity contribution in [1.82, 2.24) is 4.98 Å². The summed E-state index contributed by atoms with van der Waals surface area (Å²) in [5.74, 6) is 0.343. The van der Waals surface area contributed by atoms with E-state index >= 15 is 0 Å². The molecule has 0 saturated heterocycles. The molecule has 0 aliphatic carbocycles. The van der Waals surface area contributed by atoms with Gasteiger partial charge in [-0.05, 0) is 6.07 Å². The molecule has 5 nitrogen and oxygen atoms in total. The fourth-order valence-corrected chi connectivity index (χ4v) is 1.73. The maximum atomic E-state index is 11.6. The molecule has 1 N–H and O–H groups in total. The number of amides is 1. The zero-order chi connectivity index (χ0) is 12.8. The number of nitrogens with zero attached hydrogens (tertiary/aromatic N) is 2. The van der Waals surface area contributed by atoms with E-state index in [-0.39, 0.29) is 5.91 Å². The Kier molecular flexibility index (Phi) is 5.21. The zero-order valence-corrected chi connectivity index (χ0v) is 11.7. The summed E-state index contributed by atoms with van der Waals surface area (Å²) < 4.78 is 5.15. The number of hydrogen-bond donors (Lipinski definition) is 1. The van der Waals surface area contributed by atoms with Gasteiger partial charge >= 0.3 is 0 Å². The van der Waals surface area contributed by atoms with Crippen molar-refractivity contribution in [2.24, 2.45) is 0 Å². The van der Waals surface area contributed by atoms with Crippen LogP contribution in [-0.2, 0) is 4.79 Å². The highest BCUT2D eigenvalue weighted by molar-refractivity contribution is 9.09. The third-order valence-electron chi connectivity index (χ3n) is 2.16. The highest BCUT2D eigenvalue weighted by atomic mass is 79.9. The van der Waals surface area contributed by atoms with E-state index in [0.717, 1.165) is 5.69 Å². The van der Waals surface area contributed by atoms with Gasteiger partial charge in [-0.1, -0.05) is 15.9 Å². The van der Waals surface area contributed by atoms with Gasteiger partial charge in [-0.15, -0.1) is 0 Å². The second-order valence-corrected chi connectivity index (χ2v) is 4.39. The van der Waals surface area contributed by atoms with Crippen molar-refractivity contribution >= 4 is 33.2 Å². The number of ether oxygens (including phenoxy) is 1. The highest BCUT2D eigenvalue weighted by Crippen LogP contribution is 2.31. The molecule has 17 heavy (non-hydrogen) atoms. The molecule has 0 fully saturated rings. The number of anilines is 2. The monoisotopic (exact) mass is 301 g/mol. The van der Waals surface area contributed by atoms with Crippen molar-refractivity contribution in [3.8, 4) is 5.88 Å². The summed E-state index contributed by atoms with van der Waals surface area (Å²) in [7, 11) is 5.33. The highest BCUT2D eigenvalue weighted by Gasteiger charge is 2.14. The second kappa shape index (κ2) is 6.44. The van der Waals surface area contributed by atoms with Gasteiger partial charge in [0.15, 0.2) is 0 Å².